The zero-order chi connectivity index (χ0) is 16.6. The van der Waals surface area contributed by atoms with E-state index < -0.39 is 21.7 Å². The number of aromatic nitrogens is 1. The van der Waals surface area contributed by atoms with E-state index in [9.17, 15) is 17.2 Å². The lowest BCUT2D eigenvalue weighted by atomic mass is 10.0. The summed E-state index contributed by atoms with van der Waals surface area (Å²) in [6.07, 6.45) is 3.45. The molecule has 0 saturated heterocycles. The monoisotopic (exact) mass is 340 g/mol. The molecular weight excluding hydrogens is 326 g/mol. The number of pyridine rings is 1. The van der Waals surface area contributed by atoms with Crippen LogP contribution in [0.2, 0.25) is 0 Å². The molecule has 23 heavy (non-hydrogen) atoms. The molecule has 0 aliphatic carbocycles. The second-order valence-corrected chi connectivity index (χ2v) is 7.00. The summed E-state index contributed by atoms with van der Waals surface area (Å²) in [4.78, 5) is 3.72. The quantitative estimate of drug-likeness (QED) is 0.861. The van der Waals surface area contributed by atoms with Crippen LogP contribution in [-0.4, -0.2) is 27.1 Å². The fourth-order valence-corrected chi connectivity index (χ4v) is 4.16. The molecule has 1 aliphatic heterocycles. The highest BCUT2D eigenvalue weighted by Gasteiger charge is 2.32. The summed E-state index contributed by atoms with van der Waals surface area (Å²) < 4.78 is 59.2. The minimum atomic E-state index is -4.01. The number of methoxy groups -OCH3 is 1. The highest BCUT2D eigenvalue weighted by Crippen LogP contribution is 2.35. The second-order valence-electron chi connectivity index (χ2n) is 5.14. The fraction of sp³-hybridized carbons (Fsp3) is 0.267. The molecule has 0 spiro atoms. The molecule has 2 heterocycles. The van der Waals surface area contributed by atoms with Crippen molar-refractivity contribution in [3.8, 4) is 5.75 Å². The van der Waals surface area contributed by atoms with Gasteiger partial charge in [0.25, 0.3) is 10.0 Å². The van der Waals surface area contributed by atoms with Crippen LogP contribution in [0.4, 0.5) is 14.5 Å². The molecule has 0 fully saturated rings. The summed E-state index contributed by atoms with van der Waals surface area (Å²) >= 11 is 0. The van der Waals surface area contributed by atoms with Gasteiger partial charge in [0, 0.05) is 24.9 Å². The first-order chi connectivity index (χ1) is 10.9. The van der Waals surface area contributed by atoms with E-state index in [1.165, 1.54) is 31.6 Å². The van der Waals surface area contributed by atoms with Gasteiger partial charge in [-0.25, -0.2) is 17.2 Å². The van der Waals surface area contributed by atoms with Crippen molar-refractivity contribution >= 4 is 15.7 Å². The average molecular weight is 340 g/mol. The molecule has 3 rings (SSSR count). The van der Waals surface area contributed by atoms with Gasteiger partial charge in [-0.1, -0.05) is 0 Å². The normalized spacial score (nSPS) is 14.5. The van der Waals surface area contributed by atoms with Crippen LogP contribution in [0.3, 0.4) is 0 Å². The number of aryl methyl sites for hydroxylation is 1. The first kappa shape index (κ1) is 15.7. The van der Waals surface area contributed by atoms with E-state index in [1.54, 1.807) is 0 Å². The summed E-state index contributed by atoms with van der Waals surface area (Å²) in [6, 6.07) is 3.18. The molecule has 0 N–H and O–H groups in total. The third-order valence-corrected chi connectivity index (χ3v) is 5.44. The predicted molar refractivity (Wildman–Crippen MR) is 80.0 cm³/mol. The minimum Gasteiger partial charge on any atom is -0.495 e. The van der Waals surface area contributed by atoms with Crippen LogP contribution >= 0.6 is 0 Å². The lowest BCUT2D eigenvalue weighted by Gasteiger charge is -2.30. The Balaban J connectivity index is 2.12. The minimum absolute atomic E-state index is 0.0968. The Kier molecular flexibility index (Phi) is 3.93. The third kappa shape index (κ3) is 2.74. The maximum Gasteiger partial charge on any atom is 0.266 e. The van der Waals surface area contributed by atoms with Gasteiger partial charge >= 0.3 is 0 Å². The SMILES string of the molecule is COc1cncc(S(=O)(=O)N2CCCc3cc(F)cc(F)c32)c1. The van der Waals surface area contributed by atoms with Crippen LogP contribution in [0.25, 0.3) is 0 Å². The molecule has 8 heteroatoms. The summed E-state index contributed by atoms with van der Waals surface area (Å²) in [6.45, 7) is 0.120. The maximum atomic E-state index is 14.2. The summed E-state index contributed by atoms with van der Waals surface area (Å²) in [7, 11) is -2.62. The Morgan fingerprint density at radius 3 is 2.74 bits per heavy atom. The van der Waals surface area contributed by atoms with E-state index in [1.807, 2.05) is 0 Å². The molecule has 0 radical (unpaired) electrons. The average Bonchev–Trinajstić information content (AvgIpc) is 2.54. The smallest absolute Gasteiger partial charge is 0.266 e. The number of hydrogen-bond acceptors (Lipinski definition) is 4. The lowest BCUT2D eigenvalue weighted by Crippen LogP contribution is -2.36. The number of rotatable bonds is 3. The molecule has 0 amide bonds. The molecule has 5 nitrogen and oxygen atoms in total. The molecule has 1 aliphatic rings. The number of anilines is 1. The fourth-order valence-electron chi connectivity index (χ4n) is 2.63. The third-order valence-electron chi connectivity index (χ3n) is 3.68. The number of sulfonamides is 1. The Bertz CT molecular complexity index is 856. The van der Waals surface area contributed by atoms with E-state index in [0.29, 0.717) is 24.5 Å². The van der Waals surface area contributed by atoms with Gasteiger partial charge in [0.15, 0.2) is 5.82 Å². The van der Waals surface area contributed by atoms with Crippen LogP contribution in [0, 0.1) is 11.6 Å². The topological polar surface area (TPSA) is 59.5 Å². The molecule has 0 bridgehead atoms. The molecule has 122 valence electrons. The van der Waals surface area contributed by atoms with E-state index in [-0.39, 0.29) is 22.9 Å². The lowest BCUT2D eigenvalue weighted by molar-refractivity contribution is 0.411. The van der Waals surface area contributed by atoms with Gasteiger partial charge in [0.05, 0.1) is 19.0 Å². The van der Waals surface area contributed by atoms with E-state index in [0.717, 1.165) is 4.31 Å². The van der Waals surface area contributed by atoms with E-state index in [2.05, 4.69) is 4.98 Å². The van der Waals surface area contributed by atoms with E-state index in [4.69, 9.17) is 4.74 Å². The zero-order valence-corrected chi connectivity index (χ0v) is 13.1. The van der Waals surface area contributed by atoms with Crippen molar-refractivity contribution in [1.29, 1.82) is 0 Å². The predicted octanol–water partition coefficient (Wildman–Crippen LogP) is 2.51. The number of nitrogens with zero attached hydrogens (tertiary/aromatic N) is 2. The Morgan fingerprint density at radius 2 is 2.00 bits per heavy atom. The molecule has 1 aromatic heterocycles. The van der Waals surface area contributed by atoms with Gasteiger partial charge in [0.1, 0.15) is 16.5 Å². The van der Waals surface area contributed by atoms with Crippen molar-refractivity contribution in [3.05, 3.63) is 47.8 Å². The van der Waals surface area contributed by atoms with Crippen LogP contribution in [-0.2, 0) is 16.4 Å². The standard InChI is InChI=1S/C15H14F2N2O3S/c1-22-12-7-13(9-18-8-12)23(20,21)19-4-2-3-10-5-11(16)6-14(17)15(10)19/h5-9H,2-4H2,1H3. The van der Waals surface area contributed by atoms with Crippen molar-refractivity contribution < 1.29 is 21.9 Å². The molecule has 0 unspecified atom stereocenters. The number of benzene rings is 1. The molecular formula is C15H14F2N2O3S. The number of ether oxygens (including phenoxy) is 1. The number of fused-ring (bicyclic) bond motifs is 1. The highest BCUT2D eigenvalue weighted by atomic mass is 32.2. The van der Waals surface area contributed by atoms with Gasteiger partial charge in [0.2, 0.25) is 0 Å². The molecule has 2 aromatic rings. The first-order valence-corrected chi connectivity index (χ1v) is 8.37. The zero-order valence-electron chi connectivity index (χ0n) is 12.3. The van der Waals surface area contributed by atoms with Gasteiger partial charge in [-0.15, -0.1) is 0 Å². The number of hydrogen-bond donors (Lipinski definition) is 0. The van der Waals surface area contributed by atoms with Crippen LogP contribution in [0.5, 0.6) is 5.75 Å². The molecule has 0 atom stereocenters. The summed E-state index contributed by atoms with van der Waals surface area (Å²) in [5, 5.41) is 0. The Labute approximate surface area is 132 Å². The van der Waals surface area contributed by atoms with Crippen molar-refractivity contribution in [1.82, 2.24) is 4.98 Å². The second kappa shape index (κ2) is 5.77. The van der Waals surface area contributed by atoms with E-state index >= 15 is 0 Å². The first-order valence-electron chi connectivity index (χ1n) is 6.93. The van der Waals surface area contributed by atoms with Crippen molar-refractivity contribution in [2.45, 2.75) is 17.7 Å². The summed E-state index contributed by atoms with van der Waals surface area (Å²) in [5.41, 5.74) is 0.244. The van der Waals surface area contributed by atoms with Crippen LogP contribution in [0.15, 0.2) is 35.5 Å². The van der Waals surface area contributed by atoms with Crippen molar-refractivity contribution in [2.24, 2.45) is 0 Å². The van der Waals surface area contributed by atoms with Crippen molar-refractivity contribution in [3.63, 3.8) is 0 Å². The molecule has 0 saturated carbocycles. The van der Waals surface area contributed by atoms with Crippen LogP contribution in [0.1, 0.15) is 12.0 Å². The van der Waals surface area contributed by atoms with Gasteiger partial charge in [-0.3, -0.25) is 9.29 Å². The summed E-state index contributed by atoms with van der Waals surface area (Å²) in [5.74, 6) is -1.33. The van der Waals surface area contributed by atoms with Gasteiger partial charge < -0.3 is 4.74 Å². The number of halogens is 2. The largest absolute Gasteiger partial charge is 0.495 e. The van der Waals surface area contributed by atoms with Crippen LogP contribution < -0.4 is 9.04 Å². The highest BCUT2D eigenvalue weighted by molar-refractivity contribution is 7.92. The Hall–Kier alpha value is -2.22. The van der Waals surface area contributed by atoms with Gasteiger partial charge in [-0.05, 0) is 24.5 Å². The maximum absolute atomic E-state index is 14.2. The van der Waals surface area contributed by atoms with Crippen molar-refractivity contribution in [2.75, 3.05) is 18.0 Å². The van der Waals surface area contributed by atoms with Gasteiger partial charge in [-0.2, -0.15) is 0 Å². The Morgan fingerprint density at radius 1 is 1.22 bits per heavy atom. The molecule has 1 aromatic carbocycles.